The van der Waals surface area contributed by atoms with Crippen LogP contribution in [0.4, 0.5) is 13.2 Å². The molecule has 0 saturated heterocycles. The Kier molecular flexibility index (Phi) is 7.36. The SMILES string of the molecule is C(=C1/C[P+](c2ccccc2)(c2ccccc2)c2ccccc21)/c1cccc2ccccc12.O=C([O-])C(F)(F)F. The lowest BCUT2D eigenvalue weighted by atomic mass is 10.00. The molecule has 5 aromatic carbocycles. The summed E-state index contributed by atoms with van der Waals surface area (Å²) in [7, 11) is -1.76. The van der Waals surface area contributed by atoms with E-state index in [4.69, 9.17) is 9.90 Å². The van der Waals surface area contributed by atoms with Gasteiger partial charge in [-0.3, -0.25) is 0 Å². The van der Waals surface area contributed by atoms with Crippen LogP contribution in [0.2, 0.25) is 0 Å². The monoisotopic (exact) mass is 540 g/mol. The van der Waals surface area contributed by atoms with Crippen LogP contribution in [0.3, 0.4) is 0 Å². The first-order chi connectivity index (χ1) is 18.8. The Morgan fingerprint density at radius 3 is 1.82 bits per heavy atom. The molecule has 6 rings (SSSR count). The Hall–Kier alpha value is -4.21. The van der Waals surface area contributed by atoms with E-state index in [0.29, 0.717) is 0 Å². The Balaban J connectivity index is 0.000000392. The van der Waals surface area contributed by atoms with Crippen molar-refractivity contribution < 1.29 is 23.1 Å². The van der Waals surface area contributed by atoms with Gasteiger partial charge in [0.15, 0.2) is 0 Å². The van der Waals surface area contributed by atoms with Crippen molar-refractivity contribution in [1.29, 1.82) is 0 Å². The lowest BCUT2D eigenvalue weighted by Gasteiger charge is -2.23. The van der Waals surface area contributed by atoms with Gasteiger partial charge in [0.05, 0.1) is 6.16 Å². The number of hydrogen-bond acceptors (Lipinski definition) is 2. The average molecular weight is 541 g/mol. The van der Waals surface area contributed by atoms with Crippen LogP contribution in [0.15, 0.2) is 127 Å². The molecule has 0 spiro atoms. The van der Waals surface area contributed by atoms with E-state index in [1.807, 2.05) is 0 Å². The molecule has 0 unspecified atom stereocenters. The molecule has 0 fully saturated rings. The lowest BCUT2D eigenvalue weighted by Crippen LogP contribution is -2.37. The molecule has 0 bridgehead atoms. The number of carboxylic acid groups (broad SMARTS) is 1. The molecule has 0 aliphatic carbocycles. The van der Waals surface area contributed by atoms with Crippen molar-refractivity contribution in [3.63, 3.8) is 0 Å². The second kappa shape index (κ2) is 10.9. The molecule has 0 aromatic heterocycles. The number of fused-ring (bicyclic) bond motifs is 2. The normalized spacial score (nSPS) is 14.9. The van der Waals surface area contributed by atoms with Gasteiger partial charge >= 0.3 is 6.18 Å². The van der Waals surface area contributed by atoms with E-state index in [0.717, 1.165) is 6.16 Å². The largest absolute Gasteiger partial charge is 0.542 e. The van der Waals surface area contributed by atoms with Crippen LogP contribution in [0.25, 0.3) is 22.4 Å². The van der Waals surface area contributed by atoms with Crippen LogP contribution in [0, 0.1) is 0 Å². The van der Waals surface area contributed by atoms with Crippen molar-refractivity contribution in [2.75, 3.05) is 6.16 Å². The second-order valence-electron chi connectivity index (χ2n) is 9.18. The van der Waals surface area contributed by atoms with Gasteiger partial charge < -0.3 is 9.90 Å². The van der Waals surface area contributed by atoms with E-state index in [1.54, 1.807) is 0 Å². The summed E-state index contributed by atoms with van der Waals surface area (Å²) in [4.78, 5) is 8.78. The van der Waals surface area contributed by atoms with Crippen LogP contribution in [-0.2, 0) is 4.79 Å². The zero-order valence-electron chi connectivity index (χ0n) is 20.8. The van der Waals surface area contributed by atoms with Gasteiger partial charge in [0.2, 0.25) is 0 Å². The Labute approximate surface area is 225 Å². The van der Waals surface area contributed by atoms with E-state index in [-0.39, 0.29) is 0 Å². The highest BCUT2D eigenvalue weighted by molar-refractivity contribution is 7.96. The summed E-state index contributed by atoms with van der Waals surface area (Å²) in [6.45, 7) is 0. The number of allylic oxidation sites excluding steroid dienone is 1. The van der Waals surface area contributed by atoms with Gasteiger partial charge in [0.1, 0.15) is 29.1 Å². The van der Waals surface area contributed by atoms with Crippen LogP contribution >= 0.6 is 7.26 Å². The van der Waals surface area contributed by atoms with E-state index < -0.39 is 19.4 Å². The minimum absolute atomic E-state index is 1.06. The van der Waals surface area contributed by atoms with Crippen molar-refractivity contribution in [3.05, 3.63) is 139 Å². The topological polar surface area (TPSA) is 40.1 Å². The fraction of sp³-hybridized carbons (Fsp3) is 0.0606. The van der Waals surface area contributed by atoms with Gasteiger partial charge in [-0.05, 0) is 52.7 Å². The summed E-state index contributed by atoms with van der Waals surface area (Å²) in [6.07, 6.45) is -1.70. The summed E-state index contributed by atoms with van der Waals surface area (Å²) in [5.41, 5.74) is 4.15. The maximum absolute atomic E-state index is 10.5. The zero-order valence-corrected chi connectivity index (χ0v) is 21.7. The fourth-order valence-corrected chi connectivity index (χ4v) is 9.66. The van der Waals surface area contributed by atoms with E-state index in [9.17, 15) is 13.2 Å². The first kappa shape index (κ1) is 26.4. The number of halogens is 3. The molecule has 0 saturated carbocycles. The smallest absolute Gasteiger partial charge is 0.430 e. The third-order valence-corrected chi connectivity index (χ3v) is 11.2. The first-order valence-electron chi connectivity index (χ1n) is 12.4. The Morgan fingerprint density at radius 2 is 1.21 bits per heavy atom. The van der Waals surface area contributed by atoms with E-state index >= 15 is 0 Å². The molecule has 0 N–H and O–H groups in total. The lowest BCUT2D eigenvalue weighted by molar-refractivity contribution is -0.344. The minimum Gasteiger partial charge on any atom is -0.542 e. The molecule has 194 valence electrons. The first-order valence-corrected chi connectivity index (χ1v) is 14.3. The van der Waals surface area contributed by atoms with Gasteiger partial charge in [0, 0.05) is 11.1 Å². The van der Waals surface area contributed by atoms with Gasteiger partial charge in [0.25, 0.3) is 0 Å². The molecule has 0 radical (unpaired) electrons. The van der Waals surface area contributed by atoms with Gasteiger partial charge in [-0.25, -0.2) is 0 Å². The number of carbonyl (C=O) groups excluding carboxylic acids is 1. The second-order valence-corrected chi connectivity index (χ2v) is 12.6. The summed E-state index contributed by atoms with van der Waals surface area (Å²) in [5.74, 6) is -3.01. The highest BCUT2D eigenvalue weighted by Gasteiger charge is 2.52. The molecule has 6 heteroatoms. The maximum Gasteiger partial charge on any atom is 0.430 e. The zero-order chi connectivity index (χ0) is 27.5. The minimum atomic E-state index is -5.19. The highest BCUT2D eigenvalue weighted by atomic mass is 31.2. The maximum atomic E-state index is 10.5. The van der Waals surface area contributed by atoms with E-state index in [2.05, 4.69) is 133 Å². The van der Waals surface area contributed by atoms with Crippen LogP contribution < -0.4 is 21.0 Å². The fourth-order valence-electron chi connectivity index (χ4n) is 5.17. The number of carbonyl (C=O) groups is 1. The molecule has 2 nitrogen and oxygen atoms in total. The number of carboxylic acids is 1. The Morgan fingerprint density at radius 1 is 0.692 bits per heavy atom. The van der Waals surface area contributed by atoms with Gasteiger partial charge in [-0.1, -0.05) is 97.1 Å². The van der Waals surface area contributed by atoms with Crippen molar-refractivity contribution in [2.45, 2.75) is 6.18 Å². The molecular weight excluding hydrogens is 516 g/mol. The summed E-state index contributed by atoms with van der Waals surface area (Å²) < 4.78 is 31.5. The summed E-state index contributed by atoms with van der Waals surface area (Å²) in [5, 5.41) is 15.8. The molecule has 1 aliphatic heterocycles. The number of rotatable bonds is 3. The predicted octanol–water partition coefficient (Wildman–Crippen LogP) is 5.99. The van der Waals surface area contributed by atoms with Crippen LogP contribution in [-0.4, -0.2) is 18.3 Å². The van der Waals surface area contributed by atoms with Crippen LogP contribution in [0.1, 0.15) is 11.1 Å². The van der Waals surface area contributed by atoms with Crippen LogP contribution in [0.5, 0.6) is 0 Å². The Bertz CT molecular complexity index is 1600. The highest BCUT2D eigenvalue weighted by Crippen LogP contribution is 2.63. The number of hydrogen-bond donors (Lipinski definition) is 0. The molecular formula is C33H24F3O2P. The standard InChI is InChI=1S/C31H24P.C2HF3O2/c1-3-15-27(16-4-1)32(28-17-5-2-6-18-28)23-26(30-20-9-10-21-31(30)32)22-25-14-11-13-24-12-7-8-19-29(24)25;3-2(4,5)1(6)7/h1-22H,23H2;(H,6,7)/q+1;/p-1/b26-22+;. The van der Waals surface area contributed by atoms with Crippen molar-refractivity contribution >= 4 is 51.6 Å². The molecule has 0 amide bonds. The van der Waals surface area contributed by atoms with E-state index in [1.165, 1.54) is 43.4 Å². The van der Waals surface area contributed by atoms with Crippen molar-refractivity contribution in [2.24, 2.45) is 0 Å². The summed E-state index contributed by atoms with van der Waals surface area (Å²) in [6, 6.07) is 46.7. The summed E-state index contributed by atoms with van der Waals surface area (Å²) >= 11 is 0. The number of benzene rings is 5. The number of aliphatic carboxylic acids is 1. The molecule has 39 heavy (non-hydrogen) atoms. The third-order valence-electron chi connectivity index (χ3n) is 6.85. The van der Waals surface area contributed by atoms with Crippen molar-refractivity contribution in [3.8, 4) is 0 Å². The molecule has 1 heterocycles. The quantitative estimate of drug-likeness (QED) is 0.264. The van der Waals surface area contributed by atoms with Gasteiger partial charge in [-0.2, -0.15) is 13.2 Å². The third kappa shape index (κ3) is 5.23. The van der Waals surface area contributed by atoms with Crippen molar-refractivity contribution in [1.82, 2.24) is 0 Å². The van der Waals surface area contributed by atoms with Gasteiger partial charge in [-0.15, -0.1) is 0 Å². The molecule has 1 aliphatic rings. The average Bonchev–Trinajstić information content (AvgIpc) is 3.29. The molecule has 0 atom stereocenters. The molecule has 5 aromatic rings. The predicted molar refractivity (Wildman–Crippen MR) is 153 cm³/mol. The number of alkyl halides is 3.